The fourth-order valence-corrected chi connectivity index (χ4v) is 56.7. The van der Waals surface area contributed by atoms with Crippen molar-refractivity contribution in [2.45, 2.75) is 17.0 Å². The molecule has 0 N–H and O–H groups in total. The van der Waals surface area contributed by atoms with Gasteiger partial charge in [0.25, 0.3) is 0 Å². The molecule has 1 aliphatic rings. The van der Waals surface area contributed by atoms with Crippen molar-refractivity contribution in [1.29, 1.82) is 0 Å². The summed E-state index contributed by atoms with van der Waals surface area (Å²) in [4.78, 5) is 0. The van der Waals surface area contributed by atoms with Gasteiger partial charge in [-0.3, -0.25) is 0 Å². The topological polar surface area (TPSA) is 0 Å². The van der Waals surface area contributed by atoms with Crippen LogP contribution in [0.15, 0.2) is 0 Å². The first-order chi connectivity index (χ1) is 3.93. The SMILES string of the molecule is [SiH3][SiH2][SiH]1C[SiH2]C[SiH2]C1. The molecule has 1 rings (SSSR count). The summed E-state index contributed by atoms with van der Waals surface area (Å²) in [5.41, 5.74) is 5.69. The molecule has 8 heavy (non-hydrogen) atoms. The van der Waals surface area contributed by atoms with Crippen molar-refractivity contribution < 1.29 is 0 Å². The van der Waals surface area contributed by atoms with Crippen LogP contribution in [0.2, 0.25) is 17.0 Å². The zero-order valence-electron chi connectivity index (χ0n) is 5.82. The van der Waals surface area contributed by atoms with Gasteiger partial charge in [-0.15, -0.1) is 0 Å². The summed E-state index contributed by atoms with van der Waals surface area (Å²) in [5.74, 6) is 0. The third kappa shape index (κ3) is 2.13. The van der Waals surface area contributed by atoms with Crippen molar-refractivity contribution in [1.82, 2.24) is 0 Å². The summed E-state index contributed by atoms with van der Waals surface area (Å²) in [6.07, 6.45) is 0. The van der Waals surface area contributed by atoms with Crippen molar-refractivity contribution >= 4 is 45.7 Å². The molecule has 1 saturated heterocycles. The summed E-state index contributed by atoms with van der Waals surface area (Å²) in [7, 11) is 3.87. The minimum absolute atomic E-state index is 0.219. The Bertz CT molecular complexity index is 58.7. The predicted molar refractivity (Wildman–Crippen MR) is 57.1 cm³/mol. The van der Waals surface area contributed by atoms with Gasteiger partial charge >= 0.3 is 0 Å². The van der Waals surface area contributed by atoms with Crippen LogP contribution in [-0.2, 0) is 0 Å². The Labute approximate surface area is 62.9 Å². The molecule has 1 heterocycles. The van der Waals surface area contributed by atoms with Gasteiger partial charge in [-0.2, -0.15) is 0 Å². The van der Waals surface area contributed by atoms with Gasteiger partial charge in [0.05, 0.1) is 0 Å². The Hall–Kier alpha value is 1.08. The molecule has 0 spiro atoms. The van der Waals surface area contributed by atoms with Gasteiger partial charge in [0.2, 0.25) is 0 Å². The van der Waals surface area contributed by atoms with Crippen molar-refractivity contribution in [2.75, 3.05) is 0 Å². The average Bonchev–Trinajstić information content (AvgIpc) is 1.90. The zero-order chi connectivity index (χ0) is 5.82. The van der Waals surface area contributed by atoms with E-state index in [4.69, 9.17) is 0 Å². The average molecular weight is 193 g/mol. The van der Waals surface area contributed by atoms with Gasteiger partial charge in [0, 0.05) is 27.4 Å². The molecule has 0 saturated carbocycles. The molecule has 0 aromatic carbocycles. The van der Waals surface area contributed by atoms with Crippen molar-refractivity contribution in [3.05, 3.63) is 0 Å². The fourth-order valence-electron chi connectivity index (χ4n) is 1.60. The van der Waals surface area contributed by atoms with E-state index in [1.165, 1.54) is 0 Å². The highest BCUT2D eigenvalue weighted by molar-refractivity contribution is 7.34. The van der Waals surface area contributed by atoms with E-state index in [9.17, 15) is 0 Å². The number of rotatable bonds is 1. The molecule has 0 aromatic rings. The van der Waals surface area contributed by atoms with Gasteiger partial charge in [-0.25, -0.2) is 0 Å². The van der Waals surface area contributed by atoms with E-state index in [0.29, 0.717) is 27.6 Å². The van der Waals surface area contributed by atoms with Crippen LogP contribution in [0.25, 0.3) is 0 Å². The normalized spacial score (nSPS) is 38.2. The number of hydrogen-bond donors (Lipinski definition) is 0. The van der Waals surface area contributed by atoms with E-state index in [1.807, 2.05) is 17.0 Å². The van der Waals surface area contributed by atoms with Crippen LogP contribution >= 0.6 is 0 Å². The van der Waals surface area contributed by atoms with Crippen LogP contribution in [0.3, 0.4) is 0 Å². The van der Waals surface area contributed by atoms with Gasteiger partial charge < -0.3 is 0 Å². The quantitative estimate of drug-likeness (QED) is 0.384. The molecule has 0 bridgehead atoms. The highest BCUT2D eigenvalue weighted by atomic mass is 29.5. The molecule has 1 fully saturated rings. The van der Waals surface area contributed by atoms with Crippen molar-refractivity contribution in [3.63, 3.8) is 0 Å². The Morgan fingerprint density at radius 1 is 1.38 bits per heavy atom. The Morgan fingerprint density at radius 3 is 2.38 bits per heavy atom. The fraction of sp³-hybridized carbons (Fsp3) is 1.00. The highest BCUT2D eigenvalue weighted by Gasteiger charge is 2.12. The third-order valence-electron chi connectivity index (χ3n) is 2.30. The molecule has 0 atom stereocenters. The molecule has 0 nitrogen and oxygen atoms in total. The predicted octanol–water partition coefficient (Wildman–Crippen LogP) is -3.20. The van der Waals surface area contributed by atoms with E-state index in [2.05, 4.69) is 0 Å². The summed E-state index contributed by atoms with van der Waals surface area (Å²) in [6, 6.07) is 0. The summed E-state index contributed by atoms with van der Waals surface area (Å²) in [6.45, 7) is 0. The minimum Gasteiger partial charge on any atom is -0.0725 e. The molecule has 1 aliphatic heterocycles. The van der Waals surface area contributed by atoms with E-state index in [-0.39, 0.29) is 8.31 Å². The monoisotopic (exact) mass is 192 g/mol. The Balaban J connectivity index is 2.13. The molecular formula is C3H16Si5. The maximum atomic E-state index is 1.92. The van der Waals surface area contributed by atoms with Crippen LogP contribution in [0.4, 0.5) is 0 Å². The van der Waals surface area contributed by atoms with E-state index >= 15 is 0 Å². The molecular weight excluding hydrogens is 176 g/mol. The lowest BCUT2D eigenvalue weighted by Crippen LogP contribution is -2.31. The van der Waals surface area contributed by atoms with Crippen molar-refractivity contribution in [3.8, 4) is 0 Å². The maximum Gasteiger partial charge on any atom is 0.0145 e. The smallest absolute Gasteiger partial charge is 0.0145 e. The second-order valence-electron chi connectivity index (χ2n) is 2.91. The van der Waals surface area contributed by atoms with Gasteiger partial charge in [0.15, 0.2) is 0 Å². The Kier molecular flexibility index (Phi) is 3.59. The first kappa shape index (κ1) is 7.19. The van der Waals surface area contributed by atoms with E-state index < -0.39 is 0 Å². The lowest BCUT2D eigenvalue weighted by Gasteiger charge is -2.16. The van der Waals surface area contributed by atoms with Crippen LogP contribution in [0, 0.1) is 0 Å². The first-order valence-corrected chi connectivity index (χ1v) is 18.5. The van der Waals surface area contributed by atoms with Gasteiger partial charge in [-0.1, -0.05) is 17.0 Å². The molecule has 0 aromatic heterocycles. The van der Waals surface area contributed by atoms with Gasteiger partial charge in [-0.05, 0) is 18.3 Å². The highest BCUT2D eigenvalue weighted by Crippen LogP contribution is 2.03. The molecule has 0 radical (unpaired) electrons. The molecule has 0 aliphatic carbocycles. The lowest BCUT2D eigenvalue weighted by molar-refractivity contribution is 1.69. The molecule has 48 valence electrons. The zero-order valence-corrected chi connectivity index (χ0v) is 13.2. The number of hydrogen-bond acceptors (Lipinski definition) is 0. The maximum absolute atomic E-state index is 1.92. The van der Waals surface area contributed by atoms with Crippen LogP contribution < -0.4 is 0 Å². The standard InChI is InChI=1S/C3H16Si5/c4-7-8-2-5-1-6-3-8/h8H,1-3,5-7H2,4H3. The van der Waals surface area contributed by atoms with Crippen LogP contribution in [-0.4, -0.2) is 45.7 Å². The van der Waals surface area contributed by atoms with Gasteiger partial charge in [0.1, 0.15) is 0 Å². The Morgan fingerprint density at radius 2 is 2.00 bits per heavy atom. The summed E-state index contributed by atoms with van der Waals surface area (Å²) >= 11 is 0. The van der Waals surface area contributed by atoms with Crippen LogP contribution in [0.5, 0.6) is 0 Å². The first-order valence-electron chi connectivity index (χ1n) is 3.93. The molecule has 0 unspecified atom stereocenters. The van der Waals surface area contributed by atoms with E-state index in [1.54, 1.807) is 9.76 Å². The van der Waals surface area contributed by atoms with Crippen molar-refractivity contribution in [2.24, 2.45) is 0 Å². The molecule has 5 heteroatoms. The largest absolute Gasteiger partial charge is 0.0725 e. The second kappa shape index (κ2) is 3.99. The van der Waals surface area contributed by atoms with E-state index in [0.717, 1.165) is 0 Å². The second-order valence-corrected chi connectivity index (χ2v) is 27.6. The summed E-state index contributed by atoms with van der Waals surface area (Å²) in [5, 5.41) is 0. The lowest BCUT2D eigenvalue weighted by atomic mass is 11.8. The molecule has 0 amide bonds. The van der Waals surface area contributed by atoms with Crippen LogP contribution in [0.1, 0.15) is 0 Å². The minimum atomic E-state index is 0.219. The third-order valence-corrected chi connectivity index (χ3v) is 38.5. The summed E-state index contributed by atoms with van der Waals surface area (Å²) < 4.78 is 0.